The molecular weight excluding hydrogens is 235 g/mol. The summed E-state index contributed by atoms with van der Waals surface area (Å²) >= 11 is 0. The summed E-state index contributed by atoms with van der Waals surface area (Å²) in [5, 5.41) is 8.99. The van der Waals surface area contributed by atoms with Crippen LogP contribution in [-0.4, -0.2) is 11.4 Å². The summed E-state index contributed by atoms with van der Waals surface area (Å²) in [6.45, 7) is -0.0973. The maximum atomic E-state index is 13.2. The zero-order valence-electron chi connectivity index (χ0n) is 9.47. The van der Waals surface area contributed by atoms with Gasteiger partial charge in [-0.25, -0.2) is 4.39 Å². The lowest BCUT2D eigenvalue weighted by molar-refractivity contribution is 0.112. The molecule has 0 radical (unpaired) electrons. The number of carbonyl (C=O) groups excluding carboxylic acids is 1. The van der Waals surface area contributed by atoms with Gasteiger partial charge in [0.2, 0.25) is 0 Å². The zero-order valence-corrected chi connectivity index (χ0v) is 9.47. The summed E-state index contributed by atoms with van der Waals surface area (Å²) in [7, 11) is 0. The standard InChI is InChI=1S/C14H11FO3/c15-12-4-11(9-17)6-14(7-12)18-13-3-1-2-10(5-13)8-16/h1-7,9,16H,8H2. The second kappa shape index (κ2) is 5.42. The normalized spacial score (nSPS) is 10.1. The lowest BCUT2D eigenvalue weighted by Crippen LogP contribution is -1.90. The predicted octanol–water partition coefficient (Wildman–Crippen LogP) is 2.92. The van der Waals surface area contributed by atoms with E-state index in [9.17, 15) is 9.18 Å². The first-order valence-corrected chi connectivity index (χ1v) is 5.34. The molecule has 2 aromatic rings. The third kappa shape index (κ3) is 2.93. The van der Waals surface area contributed by atoms with Crippen molar-refractivity contribution in [2.24, 2.45) is 0 Å². The van der Waals surface area contributed by atoms with Crippen LogP contribution in [0.3, 0.4) is 0 Å². The largest absolute Gasteiger partial charge is 0.457 e. The van der Waals surface area contributed by atoms with Gasteiger partial charge < -0.3 is 9.84 Å². The second-order valence-electron chi connectivity index (χ2n) is 3.75. The van der Waals surface area contributed by atoms with E-state index in [4.69, 9.17) is 9.84 Å². The Bertz CT molecular complexity index is 567. The van der Waals surface area contributed by atoms with Gasteiger partial charge in [-0.15, -0.1) is 0 Å². The summed E-state index contributed by atoms with van der Waals surface area (Å²) in [5.74, 6) is 0.184. The lowest BCUT2D eigenvalue weighted by Gasteiger charge is -2.07. The number of aliphatic hydroxyl groups excluding tert-OH is 1. The Morgan fingerprint density at radius 1 is 1.17 bits per heavy atom. The highest BCUT2D eigenvalue weighted by Gasteiger charge is 2.03. The van der Waals surface area contributed by atoms with E-state index in [0.717, 1.165) is 6.07 Å². The molecule has 0 bridgehead atoms. The van der Waals surface area contributed by atoms with Gasteiger partial charge in [0.1, 0.15) is 23.6 Å². The summed E-state index contributed by atoms with van der Waals surface area (Å²) in [4.78, 5) is 10.6. The minimum absolute atomic E-state index is 0.0973. The van der Waals surface area contributed by atoms with Crippen molar-refractivity contribution in [1.29, 1.82) is 0 Å². The van der Waals surface area contributed by atoms with Gasteiger partial charge in [0.15, 0.2) is 0 Å². The minimum atomic E-state index is -0.534. The van der Waals surface area contributed by atoms with E-state index >= 15 is 0 Å². The summed E-state index contributed by atoms with van der Waals surface area (Å²) in [6.07, 6.45) is 0.556. The fraction of sp³-hybridized carbons (Fsp3) is 0.0714. The van der Waals surface area contributed by atoms with Gasteiger partial charge in [-0.3, -0.25) is 4.79 Å². The molecule has 0 fully saturated rings. The quantitative estimate of drug-likeness (QED) is 0.844. The van der Waals surface area contributed by atoms with Crippen molar-refractivity contribution in [3.05, 3.63) is 59.4 Å². The van der Waals surface area contributed by atoms with Crippen LogP contribution in [0, 0.1) is 5.82 Å². The molecule has 0 aliphatic rings. The first-order chi connectivity index (χ1) is 8.71. The second-order valence-corrected chi connectivity index (χ2v) is 3.75. The Morgan fingerprint density at radius 2 is 2.00 bits per heavy atom. The Kier molecular flexibility index (Phi) is 3.69. The van der Waals surface area contributed by atoms with Crippen molar-refractivity contribution in [3.63, 3.8) is 0 Å². The third-order valence-corrected chi connectivity index (χ3v) is 2.35. The van der Waals surface area contributed by atoms with Gasteiger partial charge in [0, 0.05) is 11.6 Å². The van der Waals surface area contributed by atoms with Gasteiger partial charge in [-0.05, 0) is 29.8 Å². The number of carbonyl (C=O) groups is 1. The minimum Gasteiger partial charge on any atom is -0.457 e. The van der Waals surface area contributed by atoms with Crippen LogP contribution in [0.25, 0.3) is 0 Å². The molecule has 18 heavy (non-hydrogen) atoms. The molecule has 0 atom stereocenters. The summed E-state index contributed by atoms with van der Waals surface area (Å²) in [5.41, 5.74) is 0.905. The van der Waals surface area contributed by atoms with Crippen molar-refractivity contribution < 1.29 is 19.0 Å². The van der Waals surface area contributed by atoms with Crippen molar-refractivity contribution in [1.82, 2.24) is 0 Å². The molecule has 0 unspecified atom stereocenters. The number of benzene rings is 2. The molecule has 3 nitrogen and oxygen atoms in total. The van der Waals surface area contributed by atoms with E-state index in [2.05, 4.69) is 0 Å². The smallest absolute Gasteiger partial charge is 0.150 e. The number of halogens is 1. The molecule has 0 aromatic heterocycles. The monoisotopic (exact) mass is 246 g/mol. The van der Waals surface area contributed by atoms with Crippen molar-refractivity contribution in [3.8, 4) is 11.5 Å². The number of ether oxygens (including phenoxy) is 1. The fourth-order valence-electron chi connectivity index (χ4n) is 1.55. The molecule has 2 rings (SSSR count). The number of rotatable bonds is 4. The summed E-state index contributed by atoms with van der Waals surface area (Å²) in [6, 6.07) is 10.6. The fourth-order valence-corrected chi connectivity index (χ4v) is 1.55. The van der Waals surface area contributed by atoms with E-state index in [-0.39, 0.29) is 17.9 Å². The van der Waals surface area contributed by atoms with Crippen LogP contribution in [-0.2, 0) is 6.61 Å². The topological polar surface area (TPSA) is 46.5 Å². The first-order valence-electron chi connectivity index (χ1n) is 5.34. The van der Waals surface area contributed by atoms with Gasteiger partial charge in [-0.2, -0.15) is 0 Å². The van der Waals surface area contributed by atoms with E-state index in [1.807, 2.05) is 0 Å². The number of hydrogen-bond donors (Lipinski definition) is 1. The highest BCUT2D eigenvalue weighted by atomic mass is 19.1. The van der Waals surface area contributed by atoms with E-state index < -0.39 is 5.82 Å². The van der Waals surface area contributed by atoms with Gasteiger partial charge >= 0.3 is 0 Å². The average molecular weight is 246 g/mol. The Labute approximate surface area is 103 Å². The maximum Gasteiger partial charge on any atom is 0.150 e. The summed E-state index contributed by atoms with van der Waals surface area (Å²) < 4.78 is 18.6. The van der Waals surface area contributed by atoms with Crippen LogP contribution in [0.15, 0.2) is 42.5 Å². The zero-order chi connectivity index (χ0) is 13.0. The molecule has 0 spiro atoms. The van der Waals surface area contributed by atoms with Crippen molar-refractivity contribution in [2.45, 2.75) is 6.61 Å². The molecule has 4 heteroatoms. The van der Waals surface area contributed by atoms with Gasteiger partial charge in [0.05, 0.1) is 6.61 Å². The molecule has 0 saturated carbocycles. The van der Waals surface area contributed by atoms with Crippen LogP contribution in [0.2, 0.25) is 0 Å². The SMILES string of the molecule is O=Cc1cc(F)cc(Oc2cccc(CO)c2)c1. The highest BCUT2D eigenvalue weighted by Crippen LogP contribution is 2.24. The molecule has 0 aliphatic carbocycles. The van der Waals surface area contributed by atoms with E-state index in [0.29, 0.717) is 17.6 Å². The molecule has 2 aromatic carbocycles. The number of aldehydes is 1. The Hall–Kier alpha value is -2.20. The molecule has 0 heterocycles. The van der Waals surface area contributed by atoms with Crippen LogP contribution in [0.1, 0.15) is 15.9 Å². The molecule has 1 N–H and O–H groups in total. The van der Waals surface area contributed by atoms with Gasteiger partial charge in [0.25, 0.3) is 0 Å². The predicted molar refractivity (Wildman–Crippen MR) is 64.2 cm³/mol. The highest BCUT2D eigenvalue weighted by molar-refractivity contribution is 5.75. The molecule has 0 saturated heterocycles. The number of hydrogen-bond acceptors (Lipinski definition) is 3. The van der Waals surface area contributed by atoms with Crippen molar-refractivity contribution in [2.75, 3.05) is 0 Å². The van der Waals surface area contributed by atoms with Crippen molar-refractivity contribution >= 4 is 6.29 Å². The molecule has 0 amide bonds. The number of aliphatic hydroxyl groups is 1. The van der Waals surface area contributed by atoms with Gasteiger partial charge in [-0.1, -0.05) is 12.1 Å². The van der Waals surface area contributed by atoms with Crippen LogP contribution in [0.4, 0.5) is 4.39 Å². The lowest BCUT2D eigenvalue weighted by atomic mass is 10.2. The molecule has 92 valence electrons. The first kappa shape index (κ1) is 12.3. The Morgan fingerprint density at radius 3 is 2.72 bits per heavy atom. The average Bonchev–Trinajstić information content (AvgIpc) is 2.38. The third-order valence-electron chi connectivity index (χ3n) is 2.35. The van der Waals surface area contributed by atoms with Crippen LogP contribution < -0.4 is 4.74 Å². The van der Waals surface area contributed by atoms with E-state index in [1.54, 1.807) is 24.3 Å². The van der Waals surface area contributed by atoms with E-state index in [1.165, 1.54) is 12.1 Å². The maximum absolute atomic E-state index is 13.2. The Balaban J connectivity index is 2.27. The van der Waals surface area contributed by atoms with Crippen LogP contribution >= 0.6 is 0 Å². The van der Waals surface area contributed by atoms with Crippen LogP contribution in [0.5, 0.6) is 11.5 Å². The molecule has 0 aliphatic heterocycles. The molecular formula is C14H11FO3.